The van der Waals surface area contributed by atoms with Crippen LogP contribution in [0.25, 0.3) is 0 Å². The first-order valence-electron chi connectivity index (χ1n) is 5.98. The van der Waals surface area contributed by atoms with Crippen molar-refractivity contribution in [1.29, 1.82) is 0 Å². The van der Waals surface area contributed by atoms with Crippen LogP contribution in [0.4, 0.5) is 4.79 Å². The molecule has 0 aromatic heterocycles. The van der Waals surface area contributed by atoms with Gasteiger partial charge in [0.25, 0.3) is 0 Å². The van der Waals surface area contributed by atoms with Gasteiger partial charge in [-0.1, -0.05) is 20.8 Å². The number of carbonyl (C=O) groups excluding carboxylic acids is 1. The van der Waals surface area contributed by atoms with E-state index in [0.717, 1.165) is 19.3 Å². The summed E-state index contributed by atoms with van der Waals surface area (Å²) in [5.74, 6) is 0. The van der Waals surface area contributed by atoms with Crippen molar-refractivity contribution in [3.8, 4) is 0 Å². The molecule has 0 saturated heterocycles. The lowest BCUT2D eigenvalue weighted by Gasteiger charge is -2.45. The quantitative estimate of drug-likeness (QED) is 0.668. The highest BCUT2D eigenvalue weighted by Crippen LogP contribution is 2.45. The maximum absolute atomic E-state index is 11.2. The highest BCUT2D eigenvalue weighted by molar-refractivity contribution is 5.73. The number of hydrogen-bond acceptors (Lipinski definition) is 2. The number of nitrogens with one attached hydrogen (secondary N) is 2. The van der Waals surface area contributed by atoms with E-state index < -0.39 is 0 Å². The summed E-state index contributed by atoms with van der Waals surface area (Å²) in [6, 6.07) is 0.137. The summed E-state index contributed by atoms with van der Waals surface area (Å²) in [7, 11) is 1.63. The van der Waals surface area contributed by atoms with Gasteiger partial charge >= 0.3 is 6.03 Å². The molecule has 0 aromatic carbocycles. The summed E-state index contributed by atoms with van der Waals surface area (Å²) >= 11 is 0. The average Bonchev–Trinajstić information content (AvgIpc) is 2.10. The zero-order valence-electron chi connectivity index (χ0n) is 10.9. The highest BCUT2D eigenvalue weighted by Gasteiger charge is 2.39. The summed E-state index contributed by atoms with van der Waals surface area (Å²) < 4.78 is 0. The van der Waals surface area contributed by atoms with Crippen LogP contribution in [0.5, 0.6) is 0 Å². The summed E-state index contributed by atoms with van der Waals surface area (Å²) in [4.78, 5) is 11.2. The predicted molar refractivity (Wildman–Crippen MR) is 66.2 cm³/mol. The fraction of sp³-hybridized carbons (Fsp3) is 0.917. The van der Waals surface area contributed by atoms with Crippen LogP contribution in [0, 0.1) is 10.8 Å². The van der Waals surface area contributed by atoms with Crippen molar-refractivity contribution in [1.82, 2.24) is 10.6 Å². The number of amides is 2. The predicted octanol–water partition coefficient (Wildman–Crippen LogP) is 1.46. The summed E-state index contributed by atoms with van der Waals surface area (Å²) in [6.45, 7) is 7.42. The Balaban J connectivity index is 2.58. The molecule has 4 heteroatoms. The number of hydrogen-bond donors (Lipinski definition) is 3. The van der Waals surface area contributed by atoms with Crippen molar-refractivity contribution in [2.24, 2.45) is 16.6 Å². The van der Waals surface area contributed by atoms with E-state index in [1.165, 1.54) is 0 Å². The largest absolute Gasteiger partial charge is 0.341 e. The second kappa shape index (κ2) is 4.62. The van der Waals surface area contributed by atoms with Crippen molar-refractivity contribution in [2.75, 3.05) is 13.6 Å². The summed E-state index contributed by atoms with van der Waals surface area (Å²) in [6.07, 6.45) is 3.17. The molecule has 16 heavy (non-hydrogen) atoms. The van der Waals surface area contributed by atoms with E-state index >= 15 is 0 Å². The third-order valence-electron chi connectivity index (χ3n) is 3.38. The Kier molecular flexibility index (Phi) is 3.84. The molecule has 0 spiro atoms. The monoisotopic (exact) mass is 227 g/mol. The van der Waals surface area contributed by atoms with E-state index in [1.54, 1.807) is 7.05 Å². The van der Waals surface area contributed by atoms with Crippen LogP contribution in [0.15, 0.2) is 0 Å². The lowest BCUT2D eigenvalue weighted by molar-refractivity contribution is 0.0844. The van der Waals surface area contributed by atoms with Crippen molar-refractivity contribution in [3.05, 3.63) is 0 Å². The molecule has 0 bridgehead atoms. The molecule has 2 atom stereocenters. The first-order valence-corrected chi connectivity index (χ1v) is 5.98. The Hall–Kier alpha value is -0.770. The fourth-order valence-corrected chi connectivity index (χ4v) is 3.23. The van der Waals surface area contributed by atoms with Crippen LogP contribution >= 0.6 is 0 Å². The molecule has 4 N–H and O–H groups in total. The van der Waals surface area contributed by atoms with Gasteiger partial charge in [-0.2, -0.15) is 0 Å². The third-order valence-corrected chi connectivity index (χ3v) is 3.38. The van der Waals surface area contributed by atoms with E-state index in [9.17, 15) is 4.79 Å². The normalized spacial score (nSPS) is 33.2. The summed E-state index contributed by atoms with van der Waals surface area (Å²) in [5.41, 5.74) is 6.49. The van der Waals surface area contributed by atoms with Gasteiger partial charge in [0.1, 0.15) is 0 Å². The highest BCUT2D eigenvalue weighted by atomic mass is 16.2. The molecule has 0 aromatic rings. The number of urea groups is 1. The molecule has 94 valence electrons. The van der Waals surface area contributed by atoms with Gasteiger partial charge in [0.05, 0.1) is 0 Å². The zero-order chi connectivity index (χ0) is 12.4. The smallest absolute Gasteiger partial charge is 0.314 e. The van der Waals surface area contributed by atoms with E-state index in [-0.39, 0.29) is 22.9 Å². The van der Waals surface area contributed by atoms with Gasteiger partial charge in [-0.25, -0.2) is 4.79 Å². The van der Waals surface area contributed by atoms with Crippen LogP contribution in [0.2, 0.25) is 0 Å². The van der Waals surface area contributed by atoms with Gasteiger partial charge in [0.15, 0.2) is 0 Å². The van der Waals surface area contributed by atoms with E-state index in [2.05, 4.69) is 31.4 Å². The molecule has 4 nitrogen and oxygen atoms in total. The maximum Gasteiger partial charge on any atom is 0.314 e. The molecule has 2 amide bonds. The van der Waals surface area contributed by atoms with Crippen LogP contribution in [0.1, 0.15) is 40.0 Å². The minimum Gasteiger partial charge on any atom is -0.341 e. The molecule has 1 rings (SSSR count). The lowest BCUT2D eigenvalue weighted by atomic mass is 9.63. The Morgan fingerprint density at radius 1 is 1.38 bits per heavy atom. The van der Waals surface area contributed by atoms with Gasteiger partial charge < -0.3 is 16.4 Å². The van der Waals surface area contributed by atoms with Gasteiger partial charge in [-0.15, -0.1) is 0 Å². The SMILES string of the molecule is CNC(=O)NCC1(C)CC(N)CC(C)(C)C1. The van der Waals surface area contributed by atoms with Crippen molar-refractivity contribution < 1.29 is 4.79 Å². The first kappa shape index (κ1) is 13.3. The van der Waals surface area contributed by atoms with E-state index in [0.29, 0.717) is 6.54 Å². The van der Waals surface area contributed by atoms with Crippen molar-refractivity contribution in [2.45, 2.75) is 46.1 Å². The molecule has 1 fully saturated rings. The Bertz CT molecular complexity index is 265. The molecule has 1 aliphatic rings. The number of nitrogens with two attached hydrogens (primary N) is 1. The maximum atomic E-state index is 11.2. The second-order valence-electron chi connectivity index (χ2n) is 6.25. The third kappa shape index (κ3) is 3.67. The van der Waals surface area contributed by atoms with Gasteiger partial charge in [0.2, 0.25) is 0 Å². The Morgan fingerprint density at radius 3 is 2.50 bits per heavy atom. The lowest BCUT2D eigenvalue weighted by Crippen LogP contribution is -2.48. The molecule has 1 aliphatic carbocycles. The summed E-state index contributed by atoms with van der Waals surface area (Å²) in [5, 5.41) is 5.47. The van der Waals surface area contributed by atoms with Crippen LogP contribution in [0.3, 0.4) is 0 Å². The Morgan fingerprint density at radius 2 is 2.00 bits per heavy atom. The Labute approximate surface area is 98.3 Å². The standard InChI is InChI=1S/C12H25N3O/c1-11(2)5-9(13)6-12(3,7-11)8-15-10(16)14-4/h9H,5-8,13H2,1-4H3,(H2,14,15,16). The van der Waals surface area contributed by atoms with Gasteiger partial charge in [0, 0.05) is 19.6 Å². The topological polar surface area (TPSA) is 67.2 Å². The average molecular weight is 227 g/mol. The minimum atomic E-state index is -0.113. The number of rotatable bonds is 2. The molecule has 0 aliphatic heterocycles. The van der Waals surface area contributed by atoms with Crippen LogP contribution in [-0.2, 0) is 0 Å². The molecule has 2 unspecified atom stereocenters. The first-order chi connectivity index (χ1) is 7.26. The van der Waals surface area contributed by atoms with Crippen molar-refractivity contribution >= 4 is 6.03 Å². The van der Waals surface area contributed by atoms with Crippen LogP contribution in [-0.4, -0.2) is 25.7 Å². The van der Waals surface area contributed by atoms with E-state index in [1.807, 2.05) is 0 Å². The molecule has 1 saturated carbocycles. The molecular weight excluding hydrogens is 202 g/mol. The van der Waals surface area contributed by atoms with E-state index in [4.69, 9.17) is 5.73 Å². The van der Waals surface area contributed by atoms with Crippen LogP contribution < -0.4 is 16.4 Å². The van der Waals surface area contributed by atoms with Gasteiger partial charge in [-0.3, -0.25) is 0 Å². The minimum absolute atomic E-state index is 0.113. The molecule has 0 radical (unpaired) electrons. The number of carbonyl (C=O) groups is 1. The molecular formula is C12H25N3O. The van der Waals surface area contributed by atoms with Gasteiger partial charge in [-0.05, 0) is 30.1 Å². The fourth-order valence-electron chi connectivity index (χ4n) is 3.23. The second-order valence-corrected chi connectivity index (χ2v) is 6.25. The zero-order valence-corrected chi connectivity index (χ0v) is 10.9. The molecule has 0 heterocycles. The van der Waals surface area contributed by atoms with Crippen molar-refractivity contribution in [3.63, 3.8) is 0 Å².